The highest BCUT2D eigenvalue weighted by Gasteiger charge is 1.96. The van der Waals surface area contributed by atoms with Gasteiger partial charge in [0, 0.05) is 6.54 Å². The van der Waals surface area contributed by atoms with Crippen LogP contribution in [0.3, 0.4) is 0 Å². The van der Waals surface area contributed by atoms with Crippen molar-refractivity contribution in [2.75, 3.05) is 13.2 Å². The minimum Gasteiger partial charge on any atom is -0.376 e. The number of hydrogen-bond acceptors (Lipinski definition) is 2. The normalized spacial score (nSPS) is 10.4. The molecule has 17 heavy (non-hydrogen) atoms. The quantitative estimate of drug-likeness (QED) is 0.522. The van der Waals surface area contributed by atoms with Crippen molar-refractivity contribution in [3.05, 3.63) is 48.0 Å². The predicted octanol–water partition coefficient (Wildman–Crippen LogP) is 3.28. The first kappa shape index (κ1) is 13.9. The van der Waals surface area contributed by atoms with E-state index in [0.717, 1.165) is 26.1 Å². The summed E-state index contributed by atoms with van der Waals surface area (Å²) in [5.41, 5.74) is 2.56. The molecule has 0 aliphatic rings. The zero-order valence-electron chi connectivity index (χ0n) is 10.7. The standard InChI is InChI=1S/C15H23NO/c1-3-5-10-17-13-15-8-6-7-14(11-15)12-16-9-4-2/h3,6-8,11,16H,1,4-5,9-10,12-13H2,2H3. The fourth-order valence-corrected chi connectivity index (χ4v) is 1.60. The van der Waals surface area contributed by atoms with Gasteiger partial charge in [-0.25, -0.2) is 0 Å². The Hall–Kier alpha value is -1.12. The van der Waals surface area contributed by atoms with E-state index in [2.05, 4.69) is 43.1 Å². The number of rotatable bonds is 9. The van der Waals surface area contributed by atoms with Crippen LogP contribution in [0.5, 0.6) is 0 Å². The second kappa shape index (κ2) is 8.97. The van der Waals surface area contributed by atoms with Crippen LogP contribution in [-0.4, -0.2) is 13.2 Å². The Morgan fingerprint density at radius 3 is 2.94 bits per heavy atom. The lowest BCUT2D eigenvalue weighted by atomic mass is 10.1. The van der Waals surface area contributed by atoms with E-state index in [9.17, 15) is 0 Å². The van der Waals surface area contributed by atoms with Crippen LogP contribution in [0.25, 0.3) is 0 Å². The summed E-state index contributed by atoms with van der Waals surface area (Å²) in [7, 11) is 0. The highest BCUT2D eigenvalue weighted by molar-refractivity contribution is 5.22. The molecule has 1 aromatic rings. The smallest absolute Gasteiger partial charge is 0.0717 e. The summed E-state index contributed by atoms with van der Waals surface area (Å²) >= 11 is 0. The summed E-state index contributed by atoms with van der Waals surface area (Å²) in [5.74, 6) is 0. The average molecular weight is 233 g/mol. The fourth-order valence-electron chi connectivity index (χ4n) is 1.60. The lowest BCUT2D eigenvalue weighted by Gasteiger charge is -2.07. The molecule has 0 saturated heterocycles. The third kappa shape index (κ3) is 6.25. The molecule has 0 heterocycles. The van der Waals surface area contributed by atoms with Gasteiger partial charge in [-0.15, -0.1) is 6.58 Å². The van der Waals surface area contributed by atoms with Crippen molar-refractivity contribution < 1.29 is 4.74 Å². The van der Waals surface area contributed by atoms with Crippen molar-refractivity contribution in [2.45, 2.75) is 32.9 Å². The Morgan fingerprint density at radius 1 is 1.35 bits per heavy atom. The zero-order valence-corrected chi connectivity index (χ0v) is 10.7. The highest BCUT2D eigenvalue weighted by atomic mass is 16.5. The Labute approximate surface area is 105 Å². The van der Waals surface area contributed by atoms with Crippen molar-refractivity contribution in [1.82, 2.24) is 5.32 Å². The first-order valence-electron chi connectivity index (χ1n) is 6.34. The topological polar surface area (TPSA) is 21.3 Å². The molecule has 0 radical (unpaired) electrons. The van der Waals surface area contributed by atoms with Crippen LogP contribution in [0.15, 0.2) is 36.9 Å². The molecule has 94 valence electrons. The van der Waals surface area contributed by atoms with Crippen molar-refractivity contribution >= 4 is 0 Å². The third-order valence-electron chi connectivity index (χ3n) is 2.48. The van der Waals surface area contributed by atoms with Gasteiger partial charge in [-0.2, -0.15) is 0 Å². The van der Waals surface area contributed by atoms with Crippen LogP contribution < -0.4 is 5.32 Å². The molecule has 0 unspecified atom stereocenters. The van der Waals surface area contributed by atoms with E-state index < -0.39 is 0 Å². The first-order valence-corrected chi connectivity index (χ1v) is 6.34. The van der Waals surface area contributed by atoms with Gasteiger partial charge in [0.2, 0.25) is 0 Å². The van der Waals surface area contributed by atoms with Crippen molar-refractivity contribution in [1.29, 1.82) is 0 Å². The summed E-state index contributed by atoms with van der Waals surface area (Å²) in [4.78, 5) is 0. The van der Waals surface area contributed by atoms with E-state index in [1.165, 1.54) is 17.5 Å². The largest absolute Gasteiger partial charge is 0.376 e. The monoisotopic (exact) mass is 233 g/mol. The van der Waals surface area contributed by atoms with Crippen LogP contribution in [0.1, 0.15) is 30.9 Å². The molecule has 0 aliphatic carbocycles. The van der Waals surface area contributed by atoms with Gasteiger partial charge in [0.25, 0.3) is 0 Å². The Kier molecular flexibility index (Phi) is 7.35. The molecule has 0 fully saturated rings. The van der Waals surface area contributed by atoms with Crippen LogP contribution in [0.2, 0.25) is 0 Å². The van der Waals surface area contributed by atoms with Crippen molar-refractivity contribution in [2.24, 2.45) is 0 Å². The second-order valence-corrected chi connectivity index (χ2v) is 4.13. The maximum Gasteiger partial charge on any atom is 0.0717 e. The predicted molar refractivity (Wildman–Crippen MR) is 72.9 cm³/mol. The summed E-state index contributed by atoms with van der Waals surface area (Å²) in [6, 6.07) is 8.55. The molecule has 1 aromatic carbocycles. The number of benzene rings is 1. The summed E-state index contributed by atoms with van der Waals surface area (Å²) in [6.45, 7) is 9.30. The maximum absolute atomic E-state index is 5.55. The lowest BCUT2D eigenvalue weighted by Crippen LogP contribution is -2.13. The first-order chi connectivity index (χ1) is 8.36. The van der Waals surface area contributed by atoms with E-state index in [1.54, 1.807) is 0 Å². The molecule has 0 bridgehead atoms. The van der Waals surface area contributed by atoms with E-state index in [0.29, 0.717) is 6.61 Å². The average Bonchev–Trinajstić information content (AvgIpc) is 2.36. The van der Waals surface area contributed by atoms with Gasteiger partial charge in [-0.1, -0.05) is 37.3 Å². The van der Waals surface area contributed by atoms with Crippen molar-refractivity contribution in [3.63, 3.8) is 0 Å². The van der Waals surface area contributed by atoms with Crippen LogP contribution in [-0.2, 0) is 17.9 Å². The summed E-state index contributed by atoms with van der Waals surface area (Å²) in [5, 5.41) is 3.40. The fraction of sp³-hybridized carbons (Fsp3) is 0.467. The Bertz CT molecular complexity index is 322. The molecule has 0 spiro atoms. The minimum atomic E-state index is 0.690. The summed E-state index contributed by atoms with van der Waals surface area (Å²) < 4.78 is 5.55. The van der Waals surface area contributed by atoms with Gasteiger partial charge in [0.05, 0.1) is 13.2 Å². The molecule has 0 aromatic heterocycles. The Morgan fingerprint density at radius 2 is 2.18 bits per heavy atom. The van der Waals surface area contributed by atoms with E-state index in [4.69, 9.17) is 4.74 Å². The van der Waals surface area contributed by atoms with Crippen LogP contribution in [0.4, 0.5) is 0 Å². The van der Waals surface area contributed by atoms with Gasteiger partial charge in [0.15, 0.2) is 0 Å². The zero-order chi connectivity index (χ0) is 12.3. The minimum absolute atomic E-state index is 0.690. The van der Waals surface area contributed by atoms with E-state index in [-0.39, 0.29) is 0 Å². The molecule has 0 atom stereocenters. The number of hydrogen-bond donors (Lipinski definition) is 1. The molecule has 2 heteroatoms. The van der Waals surface area contributed by atoms with Gasteiger partial charge in [0.1, 0.15) is 0 Å². The highest BCUT2D eigenvalue weighted by Crippen LogP contribution is 2.07. The molecule has 1 N–H and O–H groups in total. The van der Waals surface area contributed by atoms with Gasteiger partial charge in [-0.3, -0.25) is 0 Å². The lowest BCUT2D eigenvalue weighted by molar-refractivity contribution is 0.125. The maximum atomic E-state index is 5.55. The molecular weight excluding hydrogens is 210 g/mol. The molecule has 1 rings (SSSR count). The van der Waals surface area contributed by atoms with Gasteiger partial charge in [-0.05, 0) is 30.5 Å². The molecule has 2 nitrogen and oxygen atoms in total. The van der Waals surface area contributed by atoms with E-state index in [1.807, 2.05) is 6.08 Å². The second-order valence-electron chi connectivity index (χ2n) is 4.13. The van der Waals surface area contributed by atoms with Crippen LogP contribution in [0, 0.1) is 0 Å². The molecule has 0 aliphatic heterocycles. The van der Waals surface area contributed by atoms with Gasteiger partial charge >= 0.3 is 0 Å². The van der Waals surface area contributed by atoms with Crippen LogP contribution >= 0.6 is 0 Å². The molecular formula is C15H23NO. The van der Waals surface area contributed by atoms with Crippen molar-refractivity contribution in [3.8, 4) is 0 Å². The van der Waals surface area contributed by atoms with Gasteiger partial charge < -0.3 is 10.1 Å². The Balaban J connectivity index is 2.34. The van der Waals surface area contributed by atoms with E-state index >= 15 is 0 Å². The molecule has 0 amide bonds. The third-order valence-corrected chi connectivity index (χ3v) is 2.48. The summed E-state index contributed by atoms with van der Waals surface area (Å²) in [6.07, 6.45) is 3.97. The SMILES string of the molecule is C=CCCOCc1cccc(CNCCC)c1. The number of nitrogens with one attached hydrogen (secondary N) is 1. The number of ether oxygens (including phenoxy) is 1. The molecule has 0 saturated carbocycles.